The standard InChI is InChI=1S/C16H21NO5S/c1-12-4-3-9-17(11-12)23(20,21)15-10-13(6-8-16(18)19)5-7-14(15)22-2/h5-8,10,12H,3-4,9,11H2,1-2H3,(H,18,19)/p-1/b8-6+/t12-/m1/s1. The Morgan fingerprint density at radius 2 is 2.17 bits per heavy atom. The molecule has 0 unspecified atom stereocenters. The van der Waals surface area contributed by atoms with Crippen molar-refractivity contribution in [3.05, 3.63) is 29.8 Å². The number of piperidine rings is 1. The van der Waals surface area contributed by atoms with Crippen LogP contribution in [0.5, 0.6) is 5.75 Å². The van der Waals surface area contributed by atoms with Crippen LogP contribution < -0.4 is 9.84 Å². The number of methoxy groups -OCH3 is 1. The maximum Gasteiger partial charge on any atom is 0.246 e. The number of carboxylic acids is 1. The number of carboxylic acid groups (broad SMARTS) is 1. The first kappa shape index (κ1) is 17.5. The van der Waals surface area contributed by atoms with Crippen LogP contribution in [-0.2, 0) is 14.8 Å². The first-order valence-electron chi connectivity index (χ1n) is 7.42. The second-order valence-corrected chi connectivity index (χ2v) is 7.58. The summed E-state index contributed by atoms with van der Waals surface area (Å²) in [7, 11) is -2.28. The van der Waals surface area contributed by atoms with Crippen LogP contribution >= 0.6 is 0 Å². The second-order valence-electron chi connectivity index (χ2n) is 5.67. The Kier molecular flexibility index (Phi) is 5.43. The molecule has 6 nitrogen and oxygen atoms in total. The smallest absolute Gasteiger partial charge is 0.246 e. The molecular weight excluding hydrogens is 318 g/mol. The molecule has 1 atom stereocenters. The van der Waals surface area contributed by atoms with Gasteiger partial charge in [0.05, 0.1) is 13.1 Å². The number of benzene rings is 1. The largest absolute Gasteiger partial charge is 0.545 e. The average Bonchev–Trinajstić information content (AvgIpc) is 2.52. The summed E-state index contributed by atoms with van der Waals surface area (Å²) in [5.74, 6) is -0.783. The predicted molar refractivity (Wildman–Crippen MR) is 84.2 cm³/mol. The minimum Gasteiger partial charge on any atom is -0.545 e. The summed E-state index contributed by atoms with van der Waals surface area (Å²) in [6, 6.07) is 4.54. The lowest BCUT2D eigenvalue weighted by atomic mass is 10.0. The predicted octanol–water partition coefficient (Wildman–Crippen LogP) is 0.879. The summed E-state index contributed by atoms with van der Waals surface area (Å²) in [4.78, 5) is 10.6. The normalized spacial score (nSPS) is 19.8. The molecule has 0 spiro atoms. The van der Waals surface area contributed by atoms with Gasteiger partial charge in [0, 0.05) is 13.1 Å². The minimum atomic E-state index is -3.69. The molecule has 7 heteroatoms. The van der Waals surface area contributed by atoms with E-state index in [9.17, 15) is 18.3 Å². The van der Waals surface area contributed by atoms with Gasteiger partial charge in [-0.2, -0.15) is 4.31 Å². The number of sulfonamides is 1. The van der Waals surface area contributed by atoms with E-state index in [1.807, 2.05) is 6.92 Å². The SMILES string of the molecule is COc1ccc(/C=C/C(=O)[O-])cc1S(=O)(=O)N1CCC[C@@H](C)C1. The third-order valence-electron chi connectivity index (χ3n) is 3.84. The van der Waals surface area contributed by atoms with Crippen LogP contribution in [0.2, 0.25) is 0 Å². The monoisotopic (exact) mass is 338 g/mol. The van der Waals surface area contributed by atoms with Gasteiger partial charge in [0.25, 0.3) is 0 Å². The van der Waals surface area contributed by atoms with Crippen LogP contribution in [0.3, 0.4) is 0 Å². The van der Waals surface area contributed by atoms with E-state index in [2.05, 4.69) is 0 Å². The summed E-state index contributed by atoms with van der Waals surface area (Å²) in [5.41, 5.74) is 0.457. The molecule has 1 aromatic carbocycles. The van der Waals surface area contributed by atoms with Gasteiger partial charge >= 0.3 is 0 Å². The van der Waals surface area contributed by atoms with E-state index in [0.29, 0.717) is 24.6 Å². The van der Waals surface area contributed by atoms with Crippen molar-refractivity contribution in [3.8, 4) is 5.75 Å². The van der Waals surface area contributed by atoms with Crippen molar-refractivity contribution in [2.75, 3.05) is 20.2 Å². The van der Waals surface area contributed by atoms with Crippen LogP contribution in [0.25, 0.3) is 6.08 Å². The second kappa shape index (κ2) is 7.14. The van der Waals surface area contributed by atoms with E-state index in [0.717, 1.165) is 18.9 Å². The van der Waals surface area contributed by atoms with Crippen LogP contribution in [0, 0.1) is 5.92 Å². The lowest BCUT2D eigenvalue weighted by Gasteiger charge is -2.30. The van der Waals surface area contributed by atoms with Crippen LogP contribution in [0.1, 0.15) is 25.3 Å². The fourth-order valence-corrected chi connectivity index (χ4v) is 4.46. The molecule has 1 heterocycles. The van der Waals surface area contributed by atoms with Crippen LogP contribution in [0.15, 0.2) is 29.2 Å². The Balaban J connectivity index is 2.42. The summed E-state index contributed by atoms with van der Waals surface area (Å²) in [5, 5.41) is 10.5. The quantitative estimate of drug-likeness (QED) is 0.744. The number of ether oxygens (including phenoxy) is 1. The van der Waals surface area contributed by atoms with Gasteiger partial charge in [-0.25, -0.2) is 8.42 Å². The van der Waals surface area contributed by atoms with Gasteiger partial charge in [-0.3, -0.25) is 0 Å². The van der Waals surface area contributed by atoms with Crippen molar-refractivity contribution in [1.82, 2.24) is 4.31 Å². The topological polar surface area (TPSA) is 86.7 Å². The molecule has 0 saturated carbocycles. The minimum absolute atomic E-state index is 0.0506. The highest BCUT2D eigenvalue weighted by Gasteiger charge is 2.31. The van der Waals surface area contributed by atoms with Crippen molar-refractivity contribution >= 4 is 22.1 Å². The molecule has 0 aliphatic carbocycles. The number of nitrogens with zero attached hydrogens (tertiary/aromatic N) is 1. The number of rotatable bonds is 5. The maximum absolute atomic E-state index is 12.9. The average molecular weight is 338 g/mol. The van der Waals surface area contributed by atoms with Crippen molar-refractivity contribution in [1.29, 1.82) is 0 Å². The summed E-state index contributed by atoms with van der Waals surface area (Å²) in [6.07, 6.45) is 4.00. The molecule has 1 aliphatic heterocycles. The number of hydrogen-bond donors (Lipinski definition) is 0. The molecule has 0 bridgehead atoms. The number of hydrogen-bond acceptors (Lipinski definition) is 5. The van der Waals surface area contributed by atoms with Crippen LogP contribution in [0.4, 0.5) is 0 Å². The van der Waals surface area contributed by atoms with E-state index >= 15 is 0 Å². The van der Waals surface area contributed by atoms with Crippen molar-refractivity contribution in [2.24, 2.45) is 5.92 Å². The van der Waals surface area contributed by atoms with E-state index in [-0.39, 0.29) is 10.6 Å². The summed E-state index contributed by atoms with van der Waals surface area (Å²) in [6.45, 7) is 2.98. The zero-order valence-corrected chi connectivity index (χ0v) is 14.0. The Bertz CT molecular complexity index is 711. The van der Waals surface area contributed by atoms with Gasteiger partial charge < -0.3 is 14.6 Å². The van der Waals surface area contributed by atoms with Crippen molar-refractivity contribution in [3.63, 3.8) is 0 Å². The highest BCUT2D eigenvalue weighted by Crippen LogP contribution is 2.30. The fourth-order valence-electron chi connectivity index (χ4n) is 2.67. The van der Waals surface area contributed by atoms with E-state index in [4.69, 9.17) is 4.74 Å². The zero-order valence-electron chi connectivity index (χ0n) is 13.2. The third kappa shape index (κ3) is 4.11. The highest BCUT2D eigenvalue weighted by molar-refractivity contribution is 7.89. The van der Waals surface area contributed by atoms with Gasteiger partial charge in [-0.1, -0.05) is 19.1 Å². The van der Waals surface area contributed by atoms with Crippen LogP contribution in [-0.4, -0.2) is 38.9 Å². The molecule has 1 aromatic rings. The molecule has 1 aliphatic rings. The number of carbonyl (C=O) groups is 1. The van der Waals surface area contributed by atoms with Gasteiger partial charge in [-0.05, 0) is 42.5 Å². The molecule has 23 heavy (non-hydrogen) atoms. The van der Waals surface area contributed by atoms with E-state index < -0.39 is 16.0 Å². The Hall–Kier alpha value is -1.86. The fraction of sp³-hybridized carbons (Fsp3) is 0.438. The van der Waals surface area contributed by atoms with Crippen molar-refractivity contribution in [2.45, 2.75) is 24.7 Å². The first-order chi connectivity index (χ1) is 10.8. The lowest BCUT2D eigenvalue weighted by molar-refractivity contribution is -0.297. The molecule has 0 amide bonds. The molecule has 1 fully saturated rings. The molecule has 126 valence electrons. The number of aliphatic carboxylic acids is 1. The zero-order chi connectivity index (χ0) is 17.0. The van der Waals surface area contributed by atoms with Gasteiger partial charge in [0.2, 0.25) is 10.0 Å². The molecule has 2 rings (SSSR count). The van der Waals surface area contributed by atoms with E-state index in [1.165, 1.54) is 29.6 Å². The van der Waals surface area contributed by atoms with Gasteiger partial charge in [0.15, 0.2) is 0 Å². The first-order valence-corrected chi connectivity index (χ1v) is 8.86. The maximum atomic E-state index is 12.9. The molecular formula is C16H20NO5S-. The molecule has 0 radical (unpaired) electrons. The molecule has 0 aromatic heterocycles. The Morgan fingerprint density at radius 3 is 2.78 bits per heavy atom. The summed E-state index contributed by atoms with van der Waals surface area (Å²) < 4.78 is 32.4. The molecule has 1 saturated heterocycles. The lowest BCUT2D eigenvalue weighted by Crippen LogP contribution is -2.39. The van der Waals surface area contributed by atoms with Gasteiger partial charge in [0.1, 0.15) is 10.6 Å². The Labute approximate surface area is 136 Å². The highest BCUT2D eigenvalue weighted by atomic mass is 32.2. The number of carbonyl (C=O) groups excluding carboxylic acids is 1. The van der Waals surface area contributed by atoms with E-state index in [1.54, 1.807) is 6.07 Å². The van der Waals surface area contributed by atoms with Crippen molar-refractivity contribution < 1.29 is 23.1 Å². The molecule has 0 N–H and O–H groups in total. The van der Waals surface area contributed by atoms with Gasteiger partial charge in [-0.15, -0.1) is 0 Å². The Morgan fingerprint density at radius 1 is 1.43 bits per heavy atom. The summed E-state index contributed by atoms with van der Waals surface area (Å²) >= 11 is 0. The third-order valence-corrected chi connectivity index (χ3v) is 5.72.